The standard InChI is InChI=1S/C26H28ClN11O/c1-30-21(39)13-36-14-26(15-36)4-6-37(7-5-26)20-9-16(10-28)8-19(22(20)27)33-25-34-23(32-17-2-3-17)24-31-12-18(11-29)38(24)35-25/h8-9,12,17H,2-7,13-15H2,1H3,(H,30,39)(H2,32,33,34,35). The molecule has 200 valence electrons. The van der Waals surface area contributed by atoms with Gasteiger partial charge in [0.05, 0.1) is 40.8 Å². The number of piperidine rings is 1. The van der Waals surface area contributed by atoms with Crippen LogP contribution in [0.25, 0.3) is 5.65 Å². The van der Waals surface area contributed by atoms with Crippen LogP contribution in [0.2, 0.25) is 5.02 Å². The van der Waals surface area contributed by atoms with Crippen LogP contribution in [-0.4, -0.2) is 76.2 Å². The smallest absolute Gasteiger partial charge is 0.247 e. The van der Waals surface area contributed by atoms with Crippen molar-refractivity contribution in [3.63, 3.8) is 0 Å². The van der Waals surface area contributed by atoms with Crippen LogP contribution in [0, 0.1) is 28.1 Å². The van der Waals surface area contributed by atoms with Gasteiger partial charge in [-0.2, -0.15) is 20.0 Å². The number of imidazole rings is 1. The van der Waals surface area contributed by atoms with Crippen LogP contribution < -0.4 is 20.9 Å². The van der Waals surface area contributed by atoms with Gasteiger partial charge < -0.3 is 20.9 Å². The molecule has 1 aliphatic carbocycles. The molecule has 1 aromatic carbocycles. The lowest BCUT2D eigenvalue weighted by atomic mass is 9.72. The molecule has 6 rings (SSSR count). The van der Waals surface area contributed by atoms with Gasteiger partial charge in [-0.15, -0.1) is 5.10 Å². The Morgan fingerprint density at radius 2 is 1.97 bits per heavy atom. The molecular formula is C26H28ClN11O. The fourth-order valence-electron chi connectivity index (χ4n) is 5.48. The number of hydrogen-bond acceptors (Lipinski definition) is 10. The van der Waals surface area contributed by atoms with E-state index >= 15 is 0 Å². The zero-order valence-electron chi connectivity index (χ0n) is 21.5. The maximum absolute atomic E-state index is 11.7. The van der Waals surface area contributed by atoms with E-state index in [2.05, 4.69) is 53.0 Å². The zero-order chi connectivity index (χ0) is 27.1. The number of hydrogen-bond donors (Lipinski definition) is 3. The summed E-state index contributed by atoms with van der Waals surface area (Å²) >= 11 is 6.92. The van der Waals surface area contributed by atoms with E-state index < -0.39 is 0 Å². The van der Waals surface area contributed by atoms with Crippen LogP contribution in [0.5, 0.6) is 0 Å². The van der Waals surface area contributed by atoms with Crippen molar-refractivity contribution in [1.29, 1.82) is 10.5 Å². The van der Waals surface area contributed by atoms with E-state index in [4.69, 9.17) is 11.6 Å². The molecule has 2 aromatic heterocycles. The Hall–Kier alpha value is -4.13. The molecule has 3 aromatic rings. The number of aromatic nitrogens is 4. The maximum Gasteiger partial charge on any atom is 0.247 e. The first-order valence-electron chi connectivity index (χ1n) is 13.0. The monoisotopic (exact) mass is 545 g/mol. The summed E-state index contributed by atoms with van der Waals surface area (Å²) < 4.78 is 1.46. The van der Waals surface area contributed by atoms with Crippen LogP contribution >= 0.6 is 11.6 Å². The first-order valence-corrected chi connectivity index (χ1v) is 13.4. The summed E-state index contributed by atoms with van der Waals surface area (Å²) in [5.41, 5.74) is 2.76. The second-order valence-electron chi connectivity index (χ2n) is 10.6. The Morgan fingerprint density at radius 1 is 1.21 bits per heavy atom. The molecule has 2 saturated heterocycles. The van der Waals surface area contributed by atoms with Gasteiger partial charge in [0.2, 0.25) is 11.9 Å². The highest BCUT2D eigenvalue weighted by Gasteiger charge is 2.45. The first-order chi connectivity index (χ1) is 18.9. The Morgan fingerprint density at radius 3 is 2.64 bits per heavy atom. The van der Waals surface area contributed by atoms with Gasteiger partial charge in [0, 0.05) is 39.3 Å². The Balaban J connectivity index is 1.23. The largest absolute Gasteiger partial charge is 0.370 e. The van der Waals surface area contributed by atoms with E-state index in [9.17, 15) is 15.3 Å². The molecule has 3 aliphatic rings. The van der Waals surface area contributed by atoms with E-state index in [1.807, 2.05) is 6.07 Å². The molecule has 1 saturated carbocycles. The summed E-state index contributed by atoms with van der Waals surface area (Å²) in [4.78, 5) is 25.0. The summed E-state index contributed by atoms with van der Waals surface area (Å²) in [6.45, 7) is 3.89. The SMILES string of the molecule is CNC(=O)CN1CC2(CCN(c3cc(C#N)cc(Nc4nc(NC5CC5)c5ncc(C#N)n5n4)c3Cl)CC2)C1. The molecule has 1 spiro atoms. The molecule has 3 N–H and O–H groups in total. The second-order valence-corrected chi connectivity index (χ2v) is 11.0. The number of likely N-dealkylation sites (tertiary alicyclic amines) is 1. The quantitative estimate of drug-likeness (QED) is 0.404. The predicted octanol–water partition coefficient (Wildman–Crippen LogP) is 2.49. The third-order valence-corrected chi connectivity index (χ3v) is 8.15. The van der Waals surface area contributed by atoms with Gasteiger partial charge in [0.1, 0.15) is 6.07 Å². The highest BCUT2D eigenvalue weighted by Crippen LogP contribution is 2.43. The maximum atomic E-state index is 11.7. The Kier molecular flexibility index (Phi) is 6.37. The number of amides is 1. The molecule has 0 bridgehead atoms. The topological polar surface area (TPSA) is 150 Å². The average Bonchev–Trinajstić information content (AvgIpc) is 3.65. The highest BCUT2D eigenvalue weighted by molar-refractivity contribution is 6.36. The van der Waals surface area contributed by atoms with E-state index in [0.717, 1.165) is 57.5 Å². The van der Waals surface area contributed by atoms with Crippen LogP contribution in [0.1, 0.15) is 36.9 Å². The van der Waals surface area contributed by atoms with Gasteiger partial charge in [-0.05, 0) is 43.2 Å². The van der Waals surface area contributed by atoms with E-state index in [1.54, 1.807) is 13.1 Å². The molecule has 2 aliphatic heterocycles. The van der Waals surface area contributed by atoms with Gasteiger partial charge in [-0.3, -0.25) is 9.69 Å². The molecule has 1 amide bonds. The van der Waals surface area contributed by atoms with Gasteiger partial charge >= 0.3 is 0 Å². The van der Waals surface area contributed by atoms with Gasteiger partial charge in [-0.25, -0.2) is 4.98 Å². The van der Waals surface area contributed by atoms with Crippen LogP contribution in [0.15, 0.2) is 18.3 Å². The number of benzene rings is 1. The number of likely N-dealkylation sites (N-methyl/N-ethyl adjacent to an activating group) is 1. The van der Waals surface area contributed by atoms with Crippen molar-refractivity contribution in [1.82, 2.24) is 29.8 Å². The number of anilines is 4. The number of nitrogens with one attached hydrogen (secondary N) is 3. The van der Waals surface area contributed by atoms with E-state index in [0.29, 0.717) is 46.0 Å². The molecular weight excluding hydrogens is 518 g/mol. The summed E-state index contributed by atoms with van der Waals surface area (Å²) in [6, 6.07) is 8.16. The first kappa shape index (κ1) is 25.2. The molecule has 0 atom stereocenters. The van der Waals surface area contributed by atoms with E-state index in [1.165, 1.54) is 10.7 Å². The predicted molar refractivity (Wildman–Crippen MR) is 146 cm³/mol. The number of carbonyl (C=O) groups excluding carboxylic acids is 1. The summed E-state index contributed by atoms with van der Waals surface area (Å²) in [6.07, 6.45) is 5.54. The molecule has 0 unspecified atom stereocenters. The fraction of sp³-hybridized carbons (Fsp3) is 0.462. The number of fused-ring (bicyclic) bond motifs is 1. The van der Waals surface area contributed by atoms with Gasteiger partial charge in [-0.1, -0.05) is 11.6 Å². The van der Waals surface area contributed by atoms with Crippen LogP contribution in [-0.2, 0) is 4.79 Å². The highest BCUT2D eigenvalue weighted by atomic mass is 35.5. The second kappa shape index (κ2) is 9.88. The van der Waals surface area contributed by atoms with Gasteiger partial charge in [0.15, 0.2) is 17.2 Å². The number of carbonyl (C=O) groups is 1. The van der Waals surface area contributed by atoms with Crippen LogP contribution in [0.4, 0.5) is 23.1 Å². The average molecular weight is 546 g/mol. The number of halogens is 1. The van der Waals surface area contributed by atoms with Crippen molar-refractivity contribution in [2.45, 2.75) is 31.7 Å². The van der Waals surface area contributed by atoms with Crippen molar-refractivity contribution < 1.29 is 4.79 Å². The third-order valence-electron chi connectivity index (χ3n) is 7.75. The summed E-state index contributed by atoms with van der Waals surface area (Å²) in [7, 11) is 1.66. The van der Waals surface area contributed by atoms with Crippen molar-refractivity contribution in [2.24, 2.45) is 5.41 Å². The molecule has 13 heteroatoms. The third kappa shape index (κ3) is 4.89. The zero-order valence-corrected chi connectivity index (χ0v) is 22.3. The minimum Gasteiger partial charge on any atom is -0.370 e. The minimum absolute atomic E-state index is 0.0397. The lowest BCUT2D eigenvalue weighted by molar-refractivity contribution is -0.125. The Bertz CT molecular complexity index is 1520. The van der Waals surface area contributed by atoms with Crippen molar-refractivity contribution in [3.05, 3.63) is 34.6 Å². The van der Waals surface area contributed by atoms with Crippen molar-refractivity contribution in [3.8, 4) is 12.1 Å². The summed E-state index contributed by atoms with van der Waals surface area (Å²) in [5, 5.41) is 33.5. The molecule has 3 fully saturated rings. The molecule has 39 heavy (non-hydrogen) atoms. The number of nitrogens with zero attached hydrogens (tertiary/aromatic N) is 8. The lowest BCUT2D eigenvalue weighted by Crippen LogP contribution is -2.61. The normalized spacial score (nSPS) is 18.3. The number of nitriles is 2. The molecule has 4 heterocycles. The summed E-state index contributed by atoms with van der Waals surface area (Å²) in [5.74, 6) is 0.820. The Labute approximate surface area is 230 Å². The fourth-order valence-corrected chi connectivity index (χ4v) is 5.75. The van der Waals surface area contributed by atoms with Crippen molar-refractivity contribution in [2.75, 3.05) is 55.3 Å². The lowest BCUT2D eigenvalue weighted by Gasteiger charge is -2.54. The van der Waals surface area contributed by atoms with E-state index in [-0.39, 0.29) is 17.3 Å². The minimum atomic E-state index is 0.0397. The number of rotatable bonds is 7. The van der Waals surface area contributed by atoms with Crippen molar-refractivity contribution >= 4 is 46.3 Å². The van der Waals surface area contributed by atoms with Crippen LogP contribution in [0.3, 0.4) is 0 Å². The molecule has 12 nitrogen and oxygen atoms in total. The van der Waals surface area contributed by atoms with Gasteiger partial charge in [0.25, 0.3) is 0 Å². The molecule has 0 radical (unpaired) electrons.